The molecule has 1 saturated heterocycles. The summed E-state index contributed by atoms with van der Waals surface area (Å²) in [5.41, 5.74) is -0.0876. The van der Waals surface area contributed by atoms with Gasteiger partial charge in [0.25, 0.3) is 5.56 Å². The molecular weight excluding hydrogens is 299 g/mol. The van der Waals surface area contributed by atoms with E-state index in [1.165, 1.54) is 18.5 Å². The molecule has 0 saturated carbocycles. The van der Waals surface area contributed by atoms with Gasteiger partial charge in [0.1, 0.15) is 5.82 Å². The number of hydrogen-bond donors (Lipinski definition) is 2. The van der Waals surface area contributed by atoms with Gasteiger partial charge in [0.2, 0.25) is 5.91 Å². The molecule has 2 aliphatic heterocycles. The van der Waals surface area contributed by atoms with Crippen molar-refractivity contribution in [1.82, 2.24) is 19.9 Å². The minimum absolute atomic E-state index is 0.0381. The van der Waals surface area contributed by atoms with Crippen LogP contribution in [0.25, 0.3) is 11.3 Å². The fourth-order valence-corrected chi connectivity index (χ4v) is 3.47. The molecule has 2 aromatic heterocycles. The Morgan fingerprint density at radius 3 is 3.09 bits per heavy atom. The monoisotopic (exact) mass is 314 g/mol. The van der Waals surface area contributed by atoms with Crippen LogP contribution < -0.4 is 5.56 Å². The first-order valence-corrected chi connectivity index (χ1v) is 7.55. The normalized spacial score (nSPS) is 23.3. The lowest BCUT2D eigenvalue weighted by atomic mass is 9.95. The maximum atomic E-state index is 13.9. The lowest BCUT2D eigenvalue weighted by Gasteiger charge is -2.28. The van der Waals surface area contributed by atoms with Crippen LogP contribution in [0.4, 0.5) is 4.39 Å². The van der Waals surface area contributed by atoms with Crippen molar-refractivity contribution in [2.45, 2.75) is 24.8 Å². The van der Waals surface area contributed by atoms with Gasteiger partial charge in [-0.25, -0.2) is 9.37 Å². The molecule has 7 heteroatoms. The summed E-state index contributed by atoms with van der Waals surface area (Å²) < 4.78 is 13.9. The molecule has 1 fully saturated rings. The lowest BCUT2D eigenvalue weighted by molar-refractivity contribution is -0.127. The molecule has 6 nitrogen and oxygen atoms in total. The molecule has 2 atom stereocenters. The van der Waals surface area contributed by atoms with E-state index in [0.717, 1.165) is 18.7 Å². The summed E-state index contributed by atoms with van der Waals surface area (Å²) in [7, 11) is 0. The summed E-state index contributed by atoms with van der Waals surface area (Å²) in [5, 5.41) is 0. The van der Waals surface area contributed by atoms with Gasteiger partial charge in [-0.3, -0.25) is 9.59 Å². The Morgan fingerprint density at radius 2 is 2.22 bits per heavy atom. The number of fused-ring (bicyclic) bond motifs is 1. The van der Waals surface area contributed by atoms with E-state index in [4.69, 9.17) is 0 Å². The number of halogens is 1. The number of amides is 1. The highest BCUT2D eigenvalue weighted by molar-refractivity contribution is 5.89. The van der Waals surface area contributed by atoms with Crippen molar-refractivity contribution in [3.63, 3.8) is 0 Å². The van der Waals surface area contributed by atoms with E-state index in [9.17, 15) is 14.0 Å². The minimum Gasteiger partial charge on any atom is -0.342 e. The van der Waals surface area contributed by atoms with Gasteiger partial charge in [-0.2, -0.15) is 0 Å². The molecule has 2 N–H and O–H groups in total. The van der Waals surface area contributed by atoms with Crippen LogP contribution in [0.3, 0.4) is 0 Å². The van der Waals surface area contributed by atoms with Crippen LogP contribution in [0.5, 0.6) is 0 Å². The van der Waals surface area contributed by atoms with Crippen LogP contribution >= 0.6 is 0 Å². The Balaban J connectivity index is 1.66. The first-order valence-electron chi connectivity index (χ1n) is 7.55. The highest BCUT2D eigenvalue weighted by Crippen LogP contribution is 2.36. The molecule has 23 heavy (non-hydrogen) atoms. The molecule has 2 aromatic rings. The number of aromatic amines is 2. The van der Waals surface area contributed by atoms with Crippen molar-refractivity contribution in [2.24, 2.45) is 0 Å². The lowest BCUT2D eigenvalue weighted by Crippen LogP contribution is -2.38. The molecule has 0 spiro atoms. The van der Waals surface area contributed by atoms with Crippen LogP contribution in [0, 0.1) is 5.82 Å². The number of nitrogens with zero attached hydrogens (tertiary/aromatic N) is 2. The van der Waals surface area contributed by atoms with Crippen molar-refractivity contribution in [1.29, 1.82) is 0 Å². The zero-order valence-electron chi connectivity index (χ0n) is 12.3. The Hall–Kier alpha value is -2.70. The number of carbonyl (C=O) groups is 1. The van der Waals surface area contributed by atoms with Gasteiger partial charge in [0.05, 0.1) is 11.9 Å². The van der Waals surface area contributed by atoms with Gasteiger partial charge in [0.15, 0.2) is 5.82 Å². The smallest absolute Gasteiger partial charge is 0.284 e. The first kappa shape index (κ1) is 13.9. The zero-order chi connectivity index (χ0) is 16.0. The Kier molecular flexibility index (Phi) is 3.14. The van der Waals surface area contributed by atoms with Crippen molar-refractivity contribution in [3.05, 3.63) is 52.6 Å². The summed E-state index contributed by atoms with van der Waals surface area (Å²) in [6.45, 7) is 0.702. The number of aromatic nitrogens is 3. The Bertz CT molecular complexity index is 854. The molecule has 4 rings (SSSR count). The van der Waals surface area contributed by atoms with E-state index in [-0.39, 0.29) is 23.4 Å². The highest BCUT2D eigenvalue weighted by atomic mass is 19.1. The van der Waals surface area contributed by atoms with Gasteiger partial charge in [0, 0.05) is 30.3 Å². The van der Waals surface area contributed by atoms with Crippen molar-refractivity contribution < 1.29 is 9.18 Å². The summed E-state index contributed by atoms with van der Waals surface area (Å²) >= 11 is 0. The molecule has 2 unspecified atom stereocenters. The van der Waals surface area contributed by atoms with E-state index in [1.54, 1.807) is 6.08 Å². The standard InChI is InChI=1S/C16H15FN4O2/c17-14-9(4-6-18-16(14)23)11-8-19-15(20-11)10-5-7-21-12(10)2-1-3-13(21)22/h1,3-4,6,8,10,12H,2,5,7H2,(H,18,23)(H,19,20). The molecular formula is C16H15FN4O2. The number of imidazole rings is 1. The summed E-state index contributed by atoms with van der Waals surface area (Å²) in [4.78, 5) is 34.9. The van der Waals surface area contributed by atoms with Gasteiger partial charge >= 0.3 is 0 Å². The third kappa shape index (κ3) is 2.19. The third-order valence-corrected chi connectivity index (χ3v) is 4.60. The Labute approximate surface area is 131 Å². The SMILES string of the molecule is O=C1C=CCC2C(c3ncc(-c4cc[nH]c(=O)c4F)[nH]3)CCN12. The maximum Gasteiger partial charge on any atom is 0.284 e. The second-order valence-electron chi connectivity index (χ2n) is 5.85. The van der Waals surface area contributed by atoms with Gasteiger partial charge in [-0.05, 0) is 25.0 Å². The number of nitrogens with one attached hydrogen (secondary N) is 2. The molecule has 0 bridgehead atoms. The summed E-state index contributed by atoms with van der Waals surface area (Å²) in [6.07, 6.45) is 8.06. The third-order valence-electron chi connectivity index (χ3n) is 4.60. The quantitative estimate of drug-likeness (QED) is 0.882. The van der Waals surface area contributed by atoms with Crippen LogP contribution in [0.15, 0.2) is 35.4 Å². The molecule has 0 aromatic carbocycles. The average molecular weight is 314 g/mol. The van der Waals surface area contributed by atoms with Crippen LogP contribution in [-0.2, 0) is 4.79 Å². The van der Waals surface area contributed by atoms with Crippen molar-refractivity contribution >= 4 is 5.91 Å². The van der Waals surface area contributed by atoms with Gasteiger partial charge in [-0.1, -0.05) is 6.08 Å². The van der Waals surface area contributed by atoms with Crippen molar-refractivity contribution in [2.75, 3.05) is 6.54 Å². The second-order valence-corrected chi connectivity index (χ2v) is 5.85. The fraction of sp³-hybridized carbons (Fsp3) is 0.312. The molecule has 1 amide bonds. The van der Waals surface area contributed by atoms with Gasteiger partial charge < -0.3 is 14.9 Å². The van der Waals surface area contributed by atoms with E-state index < -0.39 is 11.4 Å². The van der Waals surface area contributed by atoms with E-state index >= 15 is 0 Å². The van der Waals surface area contributed by atoms with Crippen LogP contribution in [0.2, 0.25) is 0 Å². The van der Waals surface area contributed by atoms with Gasteiger partial charge in [-0.15, -0.1) is 0 Å². The second kappa shape index (κ2) is 5.19. The highest BCUT2D eigenvalue weighted by Gasteiger charge is 2.39. The summed E-state index contributed by atoms with van der Waals surface area (Å²) in [5.74, 6) is 0.0423. The minimum atomic E-state index is -0.827. The molecule has 2 aliphatic rings. The topological polar surface area (TPSA) is 81.8 Å². The molecule has 0 aliphatic carbocycles. The molecule has 4 heterocycles. The average Bonchev–Trinajstić information content (AvgIpc) is 3.17. The predicted octanol–water partition coefficient (Wildman–Crippen LogP) is 1.55. The first-order chi connectivity index (χ1) is 11.1. The van der Waals surface area contributed by atoms with E-state index in [1.807, 2.05) is 11.0 Å². The number of H-pyrrole nitrogens is 2. The van der Waals surface area contributed by atoms with Crippen LogP contribution in [-0.4, -0.2) is 38.3 Å². The number of hydrogen-bond acceptors (Lipinski definition) is 3. The molecule has 118 valence electrons. The number of carbonyl (C=O) groups excluding carboxylic acids is 1. The fourth-order valence-electron chi connectivity index (χ4n) is 3.47. The zero-order valence-corrected chi connectivity index (χ0v) is 12.3. The van der Waals surface area contributed by atoms with E-state index in [0.29, 0.717) is 12.2 Å². The Morgan fingerprint density at radius 1 is 1.35 bits per heavy atom. The van der Waals surface area contributed by atoms with Crippen molar-refractivity contribution in [3.8, 4) is 11.3 Å². The maximum absolute atomic E-state index is 13.9. The number of rotatable bonds is 2. The van der Waals surface area contributed by atoms with E-state index in [2.05, 4.69) is 15.0 Å². The number of pyridine rings is 1. The predicted molar refractivity (Wildman–Crippen MR) is 81.2 cm³/mol. The summed E-state index contributed by atoms with van der Waals surface area (Å²) in [6, 6.07) is 1.59. The van der Waals surface area contributed by atoms with Crippen LogP contribution in [0.1, 0.15) is 24.6 Å². The molecule has 0 radical (unpaired) electrons. The largest absolute Gasteiger partial charge is 0.342 e.